The first-order chi connectivity index (χ1) is 16.3. The molecule has 0 amide bonds. The van der Waals surface area contributed by atoms with Gasteiger partial charge in [-0.3, -0.25) is 9.59 Å². The van der Waals surface area contributed by atoms with Crippen LogP contribution in [-0.4, -0.2) is 21.5 Å². The number of ketones is 2. The van der Waals surface area contributed by atoms with Gasteiger partial charge in [-0.1, -0.05) is 19.3 Å². The minimum absolute atomic E-state index is 0.149. The number of carbonyl (C=O) groups is 2. The third kappa shape index (κ3) is 3.55. The molecule has 0 saturated heterocycles. The zero-order valence-electron chi connectivity index (χ0n) is 18.8. The van der Waals surface area contributed by atoms with Gasteiger partial charge in [0.2, 0.25) is 11.8 Å². The van der Waals surface area contributed by atoms with E-state index in [4.69, 9.17) is 8.83 Å². The van der Waals surface area contributed by atoms with Crippen LogP contribution < -0.4 is 11.3 Å². The minimum Gasteiger partial charge on any atom is -0.407 e. The maximum absolute atomic E-state index is 12.9. The summed E-state index contributed by atoms with van der Waals surface area (Å²) in [5.41, 5.74) is -0.601. The first-order valence-corrected chi connectivity index (χ1v) is 11.2. The molecule has 1 aliphatic carbocycles. The van der Waals surface area contributed by atoms with Crippen molar-refractivity contribution in [3.8, 4) is 0 Å². The fourth-order valence-corrected chi connectivity index (χ4v) is 4.67. The Kier molecular flexibility index (Phi) is 5.23. The molecular formula is C26H22N2O6. The van der Waals surface area contributed by atoms with Crippen molar-refractivity contribution in [2.24, 2.45) is 0 Å². The highest BCUT2D eigenvalue weighted by Gasteiger charge is 2.44. The Morgan fingerprint density at radius 1 is 0.735 bits per heavy atom. The van der Waals surface area contributed by atoms with Crippen molar-refractivity contribution in [3.63, 3.8) is 0 Å². The standard InChI is InChI=1S/C26H22N2O6/c1-14(29)16-6-8-20-18(12-16)22(31)33-24(27-20)26(10-4-3-5-11-26)25-28-21-9-7-17(15(2)30)13-19(21)23(32)34-25/h6-9,12-13H,3-5,10-11H2,1-2H3. The van der Waals surface area contributed by atoms with Crippen molar-refractivity contribution in [1.82, 2.24) is 9.97 Å². The topological polar surface area (TPSA) is 120 Å². The molecule has 8 heteroatoms. The maximum atomic E-state index is 12.9. The number of nitrogens with zero attached hydrogens (tertiary/aromatic N) is 2. The molecule has 34 heavy (non-hydrogen) atoms. The monoisotopic (exact) mass is 458 g/mol. The van der Waals surface area contributed by atoms with Crippen LogP contribution in [0, 0.1) is 0 Å². The number of hydrogen-bond acceptors (Lipinski definition) is 8. The molecule has 0 atom stereocenters. The normalized spacial score (nSPS) is 15.5. The third-order valence-electron chi connectivity index (χ3n) is 6.59. The van der Waals surface area contributed by atoms with Crippen LogP contribution in [0.2, 0.25) is 0 Å². The fourth-order valence-electron chi connectivity index (χ4n) is 4.67. The predicted molar refractivity (Wildman–Crippen MR) is 124 cm³/mol. The predicted octanol–water partition coefficient (Wildman–Crippen LogP) is 4.34. The Balaban J connectivity index is 1.72. The molecule has 0 aliphatic heterocycles. The van der Waals surface area contributed by atoms with Crippen molar-refractivity contribution in [2.75, 3.05) is 0 Å². The highest BCUT2D eigenvalue weighted by atomic mass is 16.4. The van der Waals surface area contributed by atoms with Gasteiger partial charge in [0.05, 0.1) is 21.8 Å². The quantitative estimate of drug-likeness (QED) is 0.414. The zero-order chi connectivity index (χ0) is 24.0. The molecule has 2 heterocycles. The summed E-state index contributed by atoms with van der Waals surface area (Å²) >= 11 is 0. The van der Waals surface area contributed by atoms with Gasteiger partial charge in [0.15, 0.2) is 11.6 Å². The van der Waals surface area contributed by atoms with Crippen molar-refractivity contribution in [2.45, 2.75) is 51.4 Å². The Hall–Kier alpha value is -3.94. The lowest BCUT2D eigenvalue weighted by Crippen LogP contribution is -2.34. The van der Waals surface area contributed by atoms with Gasteiger partial charge < -0.3 is 8.83 Å². The van der Waals surface area contributed by atoms with Crippen molar-refractivity contribution < 1.29 is 18.4 Å². The minimum atomic E-state index is -0.975. The van der Waals surface area contributed by atoms with E-state index in [9.17, 15) is 19.2 Å². The van der Waals surface area contributed by atoms with Crippen molar-refractivity contribution in [1.29, 1.82) is 0 Å². The maximum Gasteiger partial charge on any atom is 0.346 e. The summed E-state index contributed by atoms with van der Waals surface area (Å²) in [5.74, 6) is -0.0281. The highest BCUT2D eigenvalue weighted by Crippen LogP contribution is 2.43. The van der Waals surface area contributed by atoms with Gasteiger partial charge in [-0.15, -0.1) is 0 Å². The first kappa shape index (κ1) is 21.9. The fraction of sp³-hybridized carbons (Fsp3) is 0.308. The molecular weight excluding hydrogens is 436 g/mol. The van der Waals surface area contributed by atoms with Gasteiger partial charge in [0.25, 0.3) is 0 Å². The van der Waals surface area contributed by atoms with Crippen molar-refractivity contribution in [3.05, 3.63) is 80.1 Å². The van der Waals surface area contributed by atoms with Crippen LogP contribution in [0.4, 0.5) is 0 Å². The van der Waals surface area contributed by atoms with E-state index in [1.165, 1.54) is 26.0 Å². The summed E-state index contributed by atoms with van der Waals surface area (Å²) in [4.78, 5) is 58.5. The molecule has 0 N–H and O–H groups in total. The van der Waals surface area contributed by atoms with Gasteiger partial charge in [0, 0.05) is 11.1 Å². The van der Waals surface area contributed by atoms with Gasteiger partial charge in [-0.25, -0.2) is 19.6 Å². The number of carbonyl (C=O) groups excluding carboxylic acids is 2. The lowest BCUT2D eigenvalue weighted by molar-refractivity contribution is 0.100. The number of aromatic nitrogens is 2. The second-order valence-corrected chi connectivity index (χ2v) is 8.83. The average Bonchev–Trinajstić information content (AvgIpc) is 2.83. The van der Waals surface area contributed by atoms with E-state index in [1.807, 2.05) is 0 Å². The van der Waals surface area contributed by atoms with E-state index in [1.54, 1.807) is 24.3 Å². The summed E-state index contributed by atoms with van der Waals surface area (Å²) in [6, 6.07) is 9.45. The zero-order valence-corrected chi connectivity index (χ0v) is 18.8. The molecule has 0 spiro atoms. The first-order valence-electron chi connectivity index (χ1n) is 11.2. The van der Waals surface area contributed by atoms with E-state index in [-0.39, 0.29) is 34.1 Å². The summed E-state index contributed by atoms with van der Waals surface area (Å²) in [5, 5.41) is 0.430. The molecule has 2 aromatic heterocycles. The number of hydrogen-bond donors (Lipinski definition) is 0. The molecule has 5 rings (SSSR count). The van der Waals surface area contributed by atoms with Gasteiger partial charge >= 0.3 is 11.3 Å². The number of benzene rings is 2. The largest absolute Gasteiger partial charge is 0.407 e. The Morgan fingerprint density at radius 3 is 1.59 bits per heavy atom. The summed E-state index contributed by atoms with van der Waals surface area (Å²) in [6.07, 6.45) is 3.72. The number of rotatable bonds is 4. The van der Waals surface area contributed by atoms with E-state index in [0.29, 0.717) is 35.0 Å². The molecule has 0 bridgehead atoms. The molecule has 4 aromatic rings. The second kappa shape index (κ2) is 8.13. The lowest BCUT2D eigenvalue weighted by Gasteiger charge is -2.32. The van der Waals surface area contributed by atoms with Crippen LogP contribution in [0.25, 0.3) is 21.8 Å². The SMILES string of the molecule is CC(=O)c1ccc2nc(C3(c4nc5ccc(C(C)=O)cc5c(=O)o4)CCCCC3)oc(=O)c2c1. The molecule has 8 nitrogen and oxygen atoms in total. The third-order valence-corrected chi connectivity index (χ3v) is 6.59. The highest BCUT2D eigenvalue weighted by molar-refractivity contribution is 5.98. The lowest BCUT2D eigenvalue weighted by atomic mass is 9.73. The molecule has 1 saturated carbocycles. The van der Waals surface area contributed by atoms with Crippen LogP contribution in [0.15, 0.2) is 54.8 Å². The molecule has 1 fully saturated rings. The van der Waals surface area contributed by atoms with Crippen LogP contribution in [0.5, 0.6) is 0 Å². The molecule has 0 radical (unpaired) electrons. The Morgan fingerprint density at radius 2 is 1.18 bits per heavy atom. The van der Waals surface area contributed by atoms with E-state index in [2.05, 4.69) is 9.97 Å². The van der Waals surface area contributed by atoms with E-state index in [0.717, 1.165) is 19.3 Å². The Bertz CT molecular complexity index is 1480. The number of fused-ring (bicyclic) bond motifs is 2. The number of Topliss-reactive ketones (excluding diaryl/α,β-unsaturated/α-hetero) is 2. The van der Waals surface area contributed by atoms with Crippen molar-refractivity contribution >= 4 is 33.4 Å². The van der Waals surface area contributed by atoms with Gasteiger partial charge in [0.1, 0.15) is 5.41 Å². The molecule has 172 valence electrons. The molecule has 2 aromatic carbocycles. The van der Waals surface area contributed by atoms with Gasteiger partial charge in [-0.05, 0) is 63.1 Å². The summed E-state index contributed by atoms with van der Waals surface area (Å²) < 4.78 is 11.4. The van der Waals surface area contributed by atoms with Gasteiger partial charge in [-0.2, -0.15) is 0 Å². The van der Waals surface area contributed by atoms with E-state index >= 15 is 0 Å². The van der Waals surface area contributed by atoms with Crippen LogP contribution in [-0.2, 0) is 5.41 Å². The molecule has 1 aliphatic rings. The molecule has 0 unspecified atom stereocenters. The second-order valence-electron chi connectivity index (χ2n) is 8.83. The smallest absolute Gasteiger partial charge is 0.346 e. The summed E-state index contributed by atoms with van der Waals surface area (Å²) in [7, 11) is 0. The van der Waals surface area contributed by atoms with Crippen LogP contribution in [0.1, 0.15) is 78.4 Å². The Labute approximate surface area is 193 Å². The van der Waals surface area contributed by atoms with Crippen LogP contribution in [0.3, 0.4) is 0 Å². The van der Waals surface area contributed by atoms with Crippen LogP contribution >= 0.6 is 0 Å². The summed E-state index contributed by atoms with van der Waals surface area (Å²) in [6.45, 7) is 2.85. The van der Waals surface area contributed by atoms with E-state index < -0.39 is 16.7 Å². The average molecular weight is 458 g/mol.